The van der Waals surface area contributed by atoms with Gasteiger partial charge in [0.2, 0.25) is 11.8 Å². The Bertz CT molecular complexity index is 985. The number of benzene rings is 2. The topological polar surface area (TPSA) is 74.7 Å². The molecule has 2 unspecified atom stereocenters. The number of nitrogens with one attached hydrogen (secondary N) is 1. The van der Waals surface area contributed by atoms with Gasteiger partial charge in [0.05, 0.1) is 18.2 Å². The minimum atomic E-state index is 0.498. The van der Waals surface area contributed by atoms with Crippen molar-refractivity contribution in [2.45, 2.75) is 38.3 Å². The van der Waals surface area contributed by atoms with Crippen LogP contribution in [-0.2, 0) is 19.4 Å². The molecule has 140 valence electrons. The number of rotatable bonds is 4. The summed E-state index contributed by atoms with van der Waals surface area (Å²) in [6, 6.07) is 18.7. The Morgan fingerprint density at radius 3 is 2.29 bits per heavy atom. The average Bonchev–Trinajstić information content (AvgIpc) is 3.30. The third-order valence-electron chi connectivity index (χ3n) is 6.22. The van der Waals surface area contributed by atoms with Gasteiger partial charge in [0.15, 0.2) is 0 Å². The molecular weight excluding hydrogens is 348 g/mol. The van der Waals surface area contributed by atoms with Crippen LogP contribution < -0.4 is 5.32 Å². The molecule has 28 heavy (non-hydrogen) atoms. The van der Waals surface area contributed by atoms with Crippen LogP contribution in [0.15, 0.2) is 52.9 Å². The molecule has 0 aliphatic heterocycles. The smallest absolute Gasteiger partial charge is 0.247 e. The molecule has 5 heteroatoms. The van der Waals surface area contributed by atoms with E-state index in [9.17, 15) is 0 Å². The number of hydrogen-bond acceptors (Lipinski definition) is 5. The van der Waals surface area contributed by atoms with E-state index in [0.717, 1.165) is 18.4 Å². The quantitative estimate of drug-likeness (QED) is 0.754. The molecule has 1 N–H and O–H groups in total. The maximum Gasteiger partial charge on any atom is 0.247 e. The SMILES string of the molecule is N#Cc1ccc(-c2nnc(CNC3C4CCC3Cc3ccccc3C4)o2)cc1. The Morgan fingerprint density at radius 2 is 1.64 bits per heavy atom. The lowest BCUT2D eigenvalue weighted by Crippen LogP contribution is -2.37. The monoisotopic (exact) mass is 370 g/mol. The predicted molar refractivity (Wildman–Crippen MR) is 105 cm³/mol. The van der Waals surface area contributed by atoms with Crippen molar-refractivity contribution in [1.29, 1.82) is 5.26 Å². The highest BCUT2D eigenvalue weighted by Crippen LogP contribution is 2.40. The molecule has 5 rings (SSSR count). The molecule has 2 aliphatic rings. The Balaban J connectivity index is 1.27. The molecule has 3 aromatic rings. The van der Waals surface area contributed by atoms with E-state index in [0.29, 0.717) is 41.8 Å². The highest BCUT2D eigenvalue weighted by molar-refractivity contribution is 5.54. The Kier molecular flexibility index (Phi) is 4.42. The molecular formula is C23H22N4O. The summed E-state index contributed by atoms with van der Waals surface area (Å²) in [6.07, 6.45) is 4.89. The van der Waals surface area contributed by atoms with Crippen LogP contribution in [0.3, 0.4) is 0 Å². The van der Waals surface area contributed by atoms with Crippen molar-refractivity contribution in [2.75, 3.05) is 0 Å². The molecule has 5 nitrogen and oxygen atoms in total. The van der Waals surface area contributed by atoms with E-state index in [1.54, 1.807) is 12.1 Å². The highest BCUT2D eigenvalue weighted by atomic mass is 16.4. The summed E-state index contributed by atoms with van der Waals surface area (Å²) in [4.78, 5) is 0. The van der Waals surface area contributed by atoms with Crippen molar-refractivity contribution >= 4 is 0 Å². The Hall–Kier alpha value is -2.97. The molecule has 0 radical (unpaired) electrons. The minimum Gasteiger partial charge on any atom is -0.419 e. The van der Waals surface area contributed by atoms with E-state index in [4.69, 9.17) is 9.68 Å². The average molecular weight is 370 g/mol. The van der Waals surface area contributed by atoms with Gasteiger partial charge >= 0.3 is 0 Å². The number of hydrogen-bond donors (Lipinski definition) is 1. The molecule has 1 fully saturated rings. The second-order valence-electron chi connectivity index (χ2n) is 7.87. The first-order chi connectivity index (χ1) is 13.8. The van der Waals surface area contributed by atoms with Gasteiger partial charge in [0, 0.05) is 11.6 Å². The molecule has 1 heterocycles. The maximum atomic E-state index is 8.91. The van der Waals surface area contributed by atoms with Crippen LogP contribution in [0.1, 0.15) is 35.4 Å². The first-order valence-electron chi connectivity index (χ1n) is 9.93. The van der Waals surface area contributed by atoms with Gasteiger partial charge in [-0.3, -0.25) is 0 Å². The first-order valence-corrected chi connectivity index (χ1v) is 9.93. The van der Waals surface area contributed by atoms with E-state index in [2.05, 4.69) is 45.8 Å². The lowest BCUT2D eigenvalue weighted by atomic mass is 9.94. The van der Waals surface area contributed by atoms with Crippen LogP contribution in [-0.4, -0.2) is 16.2 Å². The predicted octanol–water partition coefficient (Wildman–Crippen LogP) is 3.89. The van der Waals surface area contributed by atoms with Crippen molar-refractivity contribution < 1.29 is 4.42 Å². The first kappa shape index (κ1) is 17.2. The van der Waals surface area contributed by atoms with Crippen molar-refractivity contribution in [3.8, 4) is 17.5 Å². The molecule has 1 aromatic heterocycles. The zero-order valence-corrected chi connectivity index (χ0v) is 15.6. The van der Waals surface area contributed by atoms with Crippen molar-refractivity contribution in [3.05, 3.63) is 71.1 Å². The summed E-state index contributed by atoms with van der Waals surface area (Å²) in [6.45, 7) is 0.595. The zero-order chi connectivity index (χ0) is 18.9. The van der Waals surface area contributed by atoms with Gasteiger partial charge in [-0.1, -0.05) is 24.3 Å². The normalized spacial score (nSPS) is 23.0. The lowest BCUT2D eigenvalue weighted by molar-refractivity contribution is 0.325. The number of fused-ring (bicyclic) bond motifs is 3. The van der Waals surface area contributed by atoms with E-state index in [1.807, 2.05) is 12.1 Å². The fraction of sp³-hybridized carbons (Fsp3) is 0.348. The number of nitriles is 1. The van der Waals surface area contributed by atoms with Gasteiger partial charge in [-0.05, 0) is 72.9 Å². The fourth-order valence-electron chi connectivity index (χ4n) is 4.82. The van der Waals surface area contributed by atoms with Crippen LogP contribution in [0, 0.1) is 23.2 Å². The van der Waals surface area contributed by atoms with E-state index in [1.165, 1.54) is 24.0 Å². The van der Waals surface area contributed by atoms with Crippen LogP contribution in [0.25, 0.3) is 11.5 Å². The molecule has 0 spiro atoms. The summed E-state index contributed by atoms with van der Waals surface area (Å²) in [5.74, 6) is 2.46. The van der Waals surface area contributed by atoms with Crippen LogP contribution in [0.2, 0.25) is 0 Å². The van der Waals surface area contributed by atoms with Crippen LogP contribution in [0.5, 0.6) is 0 Å². The summed E-state index contributed by atoms with van der Waals surface area (Å²) in [5, 5.41) is 21.0. The fourth-order valence-corrected chi connectivity index (χ4v) is 4.82. The molecule has 2 atom stereocenters. The van der Waals surface area contributed by atoms with Crippen molar-refractivity contribution in [1.82, 2.24) is 15.5 Å². The summed E-state index contributed by atoms with van der Waals surface area (Å²) < 4.78 is 5.85. The third-order valence-corrected chi connectivity index (χ3v) is 6.22. The van der Waals surface area contributed by atoms with Gasteiger partial charge in [0.1, 0.15) is 0 Å². The van der Waals surface area contributed by atoms with E-state index in [-0.39, 0.29) is 0 Å². The number of aromatic nitrogens is 2. The van der Waals surface area contributed by atoms with Crippen molar-refractivity contribution in [3.63, 3.8) is 0 Å². The summed E-state index contributed by atoms with van der Waals surface area (Å²) in [5.41, 5.74) is 4.49. The molecule has 0 saturated heterocycles. The van der Waals surface area contributed by atoms with Gasteiger partial charge in [-0.15, -0.1) is 10.2 Å². The molecule has 0 amide bonds. The van der Waals surface area contributed by atoms with Gasteiger partial charge < -0.3 is 9.73 Å². The third kappa shape index (κ3) is 3.21. The second kappa shape index (κ2) is 7.21. The summed E-state index contributed by atoms with van der Waals surface area (Å²) >= 11 is 0. The second-order valence-corrected chi connectivity index (χ2v) is 7.87. The van der Waals surface area contributed by atoms with E-state index < -0.39 is 0 Å². The van der Waals surface area contributed by atoms with Crippen LogP contribution >= 0.6 is 0 Å². The van der Waals surface area contributed by atoms with Gasteiger partial charge in [-0.25, -0.2) is 0 Å². The summed E-state index contributed by atoms with van der Waals surface area (Å²) in [7, 11) is 0. The Morgan fingerprint density at radius 1 is 0.964 bits per heavy atom. The largest absolute Gasteiger partial charge is 0.419 e. The standard InChI is InChI=1S/C23H22N4O/c24-13-15-5-7-16(8-6-15)23-27-26-21(28-23)14-25-22-19-9-10-20(22)12-18-4-2-1-3-17(18)11-19/h1-8,19-20,22,25H,9-12,14H2. The minimum absolute atomic E-state index is 0.498. The molecule has 2 aliphatic carbocycles. The van der Waals surface area contributed by atoms with Crippen molar-refractivity contribution in [2.24, 2.45) is 11.8 Å². The molecule has 2 aromatic carbocycles. The molecule has 1 saturated carbocycles. The number of nitrogens with zero attached hydrogens (tertiary/aromatic N) is 3. The zero-order valence-electron chi connectivity index (χ0n) is 15.6. The Labute approximate surface area is 164 Å². The van der Waals surface area contributed by atoms with Gasteiger partial charge in [-0.2, -0.15) is 5.26 Å². The highest BCUT2D eigenvalue weighted by Gasteiger charge is 2.38. The lowest BCUT2D eigenvalue weighted by Gasteiger charge is -2.23. The van der Waals surface area contributed by atoms with Crippen LogP contribution in [0.4, 0.5) is 0 Å². The van der Waals surface area contributed by atoms with E-state index >= 15 is 0 Å². The maximum absolute atomic E-state index is 8.91. The van der Waals surface area contributed by atoms with Gasteiger partial charge in [0.25, 0.3) is 0 Å². The molecule has 2 bridgehead atoms.